The molecule has 2 atom stereocenters. The summed E-state index contributed by atoms with van der Waals surface area (Å²) in [7, 11) is 1.35. The van der Waals surface area contributed by atoms with Gasteiger partial charge < -0.3 is 26.0 Å². The molecular weight excluding hydrogens is 517 g/mol. The van der Waals surface area contributed by atoms with Crippen LogP contribution in [0, 0.1) is 6.92 Å². The van der Waals surface area contributed by atoms with E-state index in [9.17, 15) is 18.0 Å². The highest BCUT2D eigenvalue weighted by Crippen LogP contribution is 2.40. The van der Waals surface area contributed by atoms with Crippen LogP contribution in [-0.2, 0) is 11.2 Å². The van der Waals surface area contributed by atoms with Gasteiger partial charge in [-0.05, 0) is 42.7 Å². The number of ether oxygens (including phenoxy) is 2. The molecule has 4 rings (SSSR count). The molecule has 2 heterocycles. The Bertz CT molecular complexity index is 1470. The SMILES string of the molecule is COc1ccc(-n2cc(C)cn2)c([C@@H](Oc2cc(-c3ccc(C[C@H](N)C(=O)O)cc3)nc(N)n2)C(F)(F)F)c1. The lowest BCUT2D eigenvalue weighted by molar-refractivity contribution is -0.198. The maximum atomic E-state index is 14.4. The average molecular weight is 543 g/mol. The second-order valence-electron chi connectivity index (χ2n) is 8.72. The number of methoxy groups -OCH3 is 1. The van der Waals surface area contributed by atoms with Gasteiger partial charge in [-0.15, -0.1) is 0 Å². The maximum Gasteiger partial charge on any atom is 0.429 e. The molecule has 0 unspecified atom stereocenters. The number of alkyl halides is 3. The van der Waals surface area contributed by atoms with Crippen LogP contribution >= 0.6 is 0 Å². The first-order valence-corrected chi connectivity index (χ1v) is 11.6. The van der Waals surface area contributed by atoms with E-state index in [0.29, 0.717) is 11.1 Å². The molecule has 0 aliphatic carbocycles. The van der Waals surface area contributed by atoms with Crippen LogP contribution in [0.15, 0.2) is 60.9 Å². The van der Waals surface area contributed by atoms with Crippen LogP contribution in [-0.4, -0.2) is 50.2 Å². The first-order chi connectivity index (χ1) is 18.4. The van der Waals surface area contributed by atoms with Crippen LogP contribution in [0.3, 0.4) is 0 Å². The Kier molecular flexibility index (Phi) is 7.72. The average Bonchev–Trinajstić information content (AvgIpc) is 3.32. The fourth-order valence-corrected chi connectivity index (χ4v) is 3.85. The highest BCUT2D eigenvalue weighted by molar-refractivity contribution is 5.73. The maximum absolute atomic E-state index is 14.4. The van der Waals surface area contributed by atoms with Crippen molar-refractivity contribution in [2.45, 2.75) is 31.7 Å². The second-order valence-corrected chi connectivity index (χ2v) is 8.72. The molecule has 0 aliphatic heterocycles. The molecule has 0 aliphatic rings. The van der Waals surface area contributed by atoms with Crippen LogP contribution in [0.4, 0.5) is 19.1 Å². The Morgan fingerprint density at radius 1 is 1.13 bits per heavy atom. The lowest BCUT2D eigenvalue weighted by Crippen LogP contribution is -2.32. The van der Waals surface area contributed by atoms with Crippen LogP contribution in [0.25, 0.3) is 16.9 Å². The van der Waals surface area contributed by atoms with Gasteiger partial charge in [0.2, 0.25) is 17.9 Å². The summed E-state index contributed by atoms with van der Waals surface area (Å²) in [5, 5.41) is 13.1. The van der Waals surface area contributed by atoms with Crippen molar-refractivity contribution in [1.82, 2.24) is 19.7 Å². The van der Waals surface area contributed by atoms with Gasteiger partial charge >= 0.3 is 12.1 Å². The number of aliphatic carboxylic acids is 1. The molecule has 13 heteroatoms. The molecule has 0 radical (unpaired) electrons. The zero-order valence-electron chi connectivity index (χ0n) is 20.9. The molecule has 4 aromatic rings. The summed E-state index contributed by atoms with van der Waals surface area (Å²) < 4.78 is 55.2. The Hall–Kier alpha value is -4.65. The lowest BCUT2D eigenvalue weighted by Gasteiger charge is -2.24. The van der Waals surface area contributed by atoms with Gasteiger partial charge in [-0.25, -0.2) is 9.67 Å². The topological polar surface area (TPSA) is 151 Å². The third kappa shape index (κ3) is 6.44. The number of aromatic nitrogens is 4. The number of carboxylic acid groups (broad SMARTS) is 1. The zero-order valence-corrected chi connectivity index (χ0v) is 20.9. The molecule has 0 bridgehead atoms. The van der Waals surface area contributed by atoms with Crippen molar-refractivity contribution in [3.63, 3.8) is 0 Å². The molecule has 0 saturated carbocycles. The number of halogens is 3. The van der Waals surface area contributed by atoms with Crippen molar-refractivity contribution < 1.29 is 32.5 Å². The van der Waals surface area contributed by atoms with Crippen molar-refractivity contribution in [3.8, 4) is 28.6 Å². The number of benzene rings is 2. The van der Waals surface area contributed by atoms with Gasteiger partial charge in [0.15, 0.2) is 0 Å². The number of nitrogens with two attached hydrogens (primary N) is 2. The quantitative estimate of drug-likeness (QED) is 0.286. The third-order valence-electron chi connectivity index (χ3n) is 5.75. The number of rotatable bonds is 9. The number of hydrogen-bond donors (Lipinski definition) is 3. The van der Waals surface area contributed by atoms with Gasteiger partial charge in [0.25, 0.3) is 0 Å². The summed E-state index contributed by atoms with van der Waals surface area (Å²) >= 11 is 0. The van der Waals surface area contributed by atoms with E-state index in [0.717, 1.165) is 5.56 Å². The van der Waals surface area contributed by atoms with Gasteiger partial charge in [0.05, 0.1) is 24.7 Å². The van der Waals surface area contributed by atoms with E-state index in [1.165, 1.54) is 42.3 Å². The smallest absolute Gasteiger partial charge is 0.429 e. The molecule has 204 valence electrons. The van der Waals surface area contributed by atoms with Crippen LogP contribution in [0.5, 0.6) is 11.6 Å². The van der Waals surface area contributed by atoms with E-state index in [-0.39, 0.29) is 35.1 Å². The van der Waals surface area contributed by atoms with Crippen LogP contribution < -0.4 is 20.9 Å². The fraction of sp³-hybridized carbons (Fsp3) is 0.231. The molecule has 0 spiro atoms. The van der Waals surface area contributed by atoms with Crippen LogP contribution in [0.1, 0.15) is 22.8 Å². The molecule has 0 fully saturated rings. The molecule has 2 aromatic carbocycles. The minimum atomic E-state index is -4.85. The molecular formula is C26H25F3N6O4. The third-order valence-corrected chi connectivity index (χ3v) is 5.75. The van der Waals surface area contributed by atoms with Crippen LogP contribution in [0.2, 0.25) is 0 Å². The first-order valence-electron chi connectivity index (χ1n) is 11.6. The lowest BCUT2D eigenvalue weighted by atomic mass is 10.0. The van der Waals surface area contributed by atoms with Gasteiger partial charge in [-0.3, -0.25) is 4.79 Å². The molecule has 2 aromatic heterocycles. The van der Waals surface area contributed by atoms with Gasteiger partial charge in [0.1, 0.15) is 11.8 Å². The van der Waals surface area contributed by atoms with E-state index in [4.69, 9.17) is 26.0 Å². The Morgan fingerprint density at radius 3 is 2.44 bits per heavy atom. The molecule has 39 heavy (non-hydrogen) atoms. The number of anilines is 1. The largest absolute Gasteiger partial charge is 0.497 e. The van der Waals surface area contributed by atoms with Crippen molar-refractivity contribution in [3.05, 3.63) is 77.6 Å². The van der Waals surface area contributed by atoms with E-state index in [2.05, 4.69) is 15.1 Å². The number of aryl methyl sites for hydroxylation is 1. The van der Waals surface area contributed by atoms with E-state index < -0.39 is 30.2 Å². The molecule has 0 saturated heterocycles. The summed E-state index contributed by atoms with van der Waals surface area (Å²) in [5.41, 5.74) is 13.4. The summed E-state index contributed by atoms with van der Waals surface area (Å²) in [4.78, 5) is 19.0. The number of carboxylic acids is 1. The number of hydrogen-bond acceptors (Lipinski definition) is 8. The van der Waals surface area contributed by atoms with Crippen molar-refractivity contribution in [2.75, 3.05) is 12.8 Å². The van der Waals surface area contributed by atoms with Crippen molar-refractivity contribution in [2.24, 2.45) is 5.73 Å². The standard InChI is InChI=1S/C26H25F3N6O4/c1-14-12-32-35(13-14)21-8-7-17(38-2)10-18(21)23(26(27,28)29)39-22-11-20(33-25(31)34-22)16-5-3-15(4-6-16)9-19(30)24(36)37/h3-8,10-13,19,23H,9,30H2,1-2H3,(H,36,37)(H2,31,33,34)/t19-,23+/m0/s1. The monoisotopic (exact) mass is 542 g/mol. The summed E-state index contributed by atoms with van der Waals surface area (Å²) in [6, 6.07) is 10.9. The number of nitrogens with zero attached hydrogens (tertiary/aromatic N) is 4. The van der Waals surface area contributed by atoms with Gasteiger partial charge in [-0.2, -0.15) is 23.3 Å². The normalized spacial score (nSPS) is 13.1. The van der Waals surface area contributed by atoms with Crippen molar-refractivity contribution in [1.29, 1.82) is 0 Å². The Morgan fingerprint density at radius 2 is 1.85 bits per heavy atom. The first kappa shape index (κ1) is 27.4. The Labute approximate surface area is 221 Å². The van der Waals surface area contributed by atoms with E-state index >= 15 is 0 Å². The Balaban J connectivity index is 1.71. The number of carbonyl (C=O) groups is 1. The minimum Gasteiger partial charge on any atom is -0.497 e. The highest BCUT2D eigenvalue weighted by atomic mass is 19.4. The van der Waals surface area contributed by atoms with Gasteiger partial charge in [-0.1, -0.05) is 24.3 Å². The minimum absolute atomic E-state index is 0.0990. The predicted molar refractivity (Wildman–Crippen MR) is 135 cm³/mol. The summed E-state index contributed by atoms with van der Waals surface area (Å²) in [5.74, 6) is -1.64. The van der Waals surface area contributed by atoms with Gasteiger partial charge in [0, 0.05) is 23.4 Å². The fourth-order valence-electron chi connectivity index (χ4n) is 3.85. The number of nitrogen functional groups attached to an aromatic ring is 1. The zero-order chi connectivity index (χ0) is 28.3. The second kappa shape index (κ2) is 11.0. The highest BCUT2D eigenvalue weighted by Gasteiger charge is 2.45. The molecule has 5 N–H and O–H groups in total. The van der Waals surface area contributed by atoms with Crippen molar-refractivity contribution >= 4 is 11.9 Å². The van der Waals surface area contributed by atoms with E-state index in [1.807, 2.05) is 0 Å². The molecule has 0 amide bonds. The predicted octanol–water partition coefficient (Wildman–Crippen LogP) is 3.87. The summed E-state index contributed by atoms with van der Waals surface area (Å²) in [6.45, 7) is 1.77. The van der Waals surface area contributed by atoms with E-state index in [1.54, 1.807) is 37.4 Å². The summed E-state index contributed by atoms with van der Waals surface area (Å²) in [6.07, 6.45) is -4.09. The molecule has 10 nitrogen and oxygen atoms in total.